The summed E-state index contributed by atoms with van der Waals surface area (Å²) in [6.07, 6.45) is 0.676. The van der Waals surface area contributed by atoms with Gasteiger partial charge < -0.3 is 10.0 Å². The van der Waals surface area contributed by atoms with Crippen molar-refractivity contribution in [2.24, 2.45) is 0 Å². The zero-order valence-corrected chi connectivity index (χ0v) is 8.05. The van der Waals surface area contributed by atoms with Crippen LogP contribution in [0.1, 0.15) is 6.42 Å². The molecule has 12 heavy (non-hydrogen) atoms. The fourth-order valence-electron chi connectivity index (χ4n) is 1.43. The Morgan fingerprint density at radius 1 is 1.58 bits per heavy atom. The first-order valence-corrected chi connectivity index (χ1v) is 5.79. The van der Waals surface area contributed by atoms with Gasteiger partial charge in [0.05, 0.1) is 17.6 Å². The molecule has 0 aliphatic carbocycles. The molecule has 1 rings (SSSR count). The van der Waals surface area contributed by atoms with E-state index in [4.69, 9.17) is 5.11 Å². The molecular formula is C7H15NO3S. The summed E-state index contributed by atoms with van der Waals surface area (Å²) in [4.78, 5) is 1.95. The zero-order valence-electron chi connectivity index (χ0n) is 7.23. The second kappa shape index (κ2) is 3.72. The van der Waals surface area contributed by atoms with Crippen LogP contribution in [0.2, 0.25) is 0 Å². The number of aliphatic hydroxyl groups excluding tert-OH is 1. The van der Waals surface area contributed by atoms with E-state index in [-0.39, 0.29) is 12.4 Å². The molecular weight excluding hydrogens is 178 g/mol. The third-order valence-electron chi connectivity index (χ3n) is 2.20. The molecule has 1 unspecified atom stereocenters. The van der Waals surface area contributed by atoms with Crippen LogP contribution in [-0.2, 0) is 9.84 Å². The van der Waals surface area contributed by atoms with Crippen molar-refractivity contribution in [1.29, 1.82) is 0 Å². The van der Waals surface area contributed by atoms with Crippen molar-refractivity contribution in [3.63, 3.8) is 0 Å². The molecule has 1 aliphatic heterocycles. The summed E-state index contributed by atoms with van der Waals surface area (Å²) in [5, 5.41) is 8.28. The zero-order chi connectivity index (χ0) is 9.19. The molecule has 0 spiro atoms. The van der Waals surface area contributed by atoms with Crippen LogP contribution in [0.15, 0.2) is 0 Å². The maximum Gasteiger partial charge on any atom is 0.156 e. The van der Waals surface area contributed by atoms with Crippen LogP contribution in [0.25, 0.3) is 0 Å². The molecule has 72 valence electrons. The highest BCUT2D eigenvalue weighted by atomic mass is 32.2. The lowest BCUT2D eigenvalue weighted by Crippen LogP contribution is -2.35. The van der Waals surface area contributed by atoms with Crippen LogP contribution < -0.4 is 0 Å². The second-order valence-electron chi connectivity index (χ2n) is 3.29. The molecule has 4 nitrogen and oxygen atoms in total. The smallest absolute Gasteiger partial charge is 0.156 e. The average molecular weight is 193 g/mol. The first kappa shape index (κ1) is 9.95. The van der Waals surface area contributed by atoms with E-state index in [9.17, 15) is 8.42 Å². The second-order valence-corrected chi connectivity index (χ2v) is 5.69. The first-order valence-electron chi connectivity index (χ1n) is 4.07. The molecule has 1 saturated heterocycles. The van der Waals surface area contributed by atoms with Gasteiger partial charge in [0, 0.05) is 6.54 Å². The highest BCUT2D eigenvalue weighted by molar-refractivity contribution is 7.92. The fourth-order valence-corrected chi connectivity index (χ4v) is 3.00. The summed E-state index contributed by atoms with van der Waals surface area (Å²) in [5.41, 5.74) is 0. The number of rotatable bonds is 1. The Hall–Kier alpha value is -0.130. The predicted molar refractivity (Wildman–Crippen MR) is 46.8 cm³/mol. The summed E-state index contributed by atoms with van der Waals surface area (Å²) in [6.45, 7) is 1.00. The Balaban J connectivity index is 2.77. The summed E-state index contributed by atoms with van der Waals surface area (Å²) < 4.78 is 22.8. The van der Waals surface area contributed by atoms with Gasteiger partial charge in [0.1, 0.15) is 0 Å². The van der Waals surface area contributed by atoms with E-state index in [1.807, 2.05) is 11.9 Å². The van der Waals surface area contributed by atoms with E-state index < -0.39 is 15.1 Å². The van der Waals surface area contributed by atoms with Gasteiger partial charge in [-0.15, -0.1) is 0 Å². The minimum Gasteiger partial charge on any atom is -0.395 e. The number of hydrogen-bond acceptors (Lipinski definition) is 4. The maximum absolute atomic E-state index is 11.4. The van der Waals surface area contributed by atoms with Gasteiger partial charge in [0.2, 0.25) is 0 Å². The van der Waals surface area contributed by atoms with E-state index >= 15 is 0 Å². The molecule has 0 aromatic rings. The van der Waals surface area contributed by atoms with Gasteiger partial charge in [-0.3, -0.25) is 0 Å². The molecule has 5 heteroatoms. The largest absolute Gasteiger partial charge is 0.395 e. The molecule has 1 aliphatic rings. The monoisotopic (exact) mass is 193 g/mol. The van der Waals surface area contributed by atoms with Crippen LogP contribution >= 0.6 is 0 Å². The van der Waals surface area contributed by atoms with Crippen LogP contribution in [0.4, 0.5) is 0 Å². The summed E-state index contributed by atoms with van der Waals surface area (Å²) in [6, 6.07) is 0. The summed E-state index contributed by atoms with van der Waals surface area (Å²) >= 11 is 0. The van der Waals surface area contributed by atoms with Gasteiger partial charge in [-0.25, -0.2) is 8.42 Å². The summed E-state index contributed by atoms with van der Waals surface area (Å²) in [7, 11) is -1.16. The van der Waals surface area contributed by atoms with Crippen molar-refractivity contribution in [3.8, 4) is 0 Å². The lowest BCUT2D eigenvalue weighted by molar-refractivity contribution is 0.254. The Kier molecular flexibility index (Phi) is 3.09. The van der Waals surface area contributed by atoms with Crippen molar-refractivity contribution in [2.75, 3.05) is 32.5 Å². The van der Waals surface area contributed by atoms with Crippen LogP contribution in [0, 0.1) is 0 Å². The third-order valence-corrected chi connectivity index (χ3v) is 4.37. The standard InChI is InChI=1S/C7H15NO3S/c1-8-3-2-4-12(10,11)7(5-8)6-9/h7,9H,2-6H2,1H3. The predicted octanol–water partition coefficient (Wildman–Crippen LogP) is -0.902. The maximum atomic E-state index is 11.4. The number of sulfone groups is 1. The van der Waals surface area contributed by atoms with E-state index in [0.717, 1.165) is 6.54 Å². The van der Waals surface area contributed by atoms with Crippen molar-refractivity contribution < 1.29 is 13.5 Å². The molecule has 0 aromatic carbocycles. The molecule has 1 atom stereocenters. The van der Waals surface area contributed by atoms with Gasteiger partial charge in [-0.2, -0.15) is 0 Å². The molecule has 0 bridgehead atoms. The van der Waals surface area contributed by atoms with Crippen LogP contribution in [0.5, 0.6) is 0 Å². The molecule has 0 aromatic heterocycles. The number of aliphatic hydroxyl groups is 1. The Labute approximate surface area is 73.1 Å². The van der Waals surface area contributed by atoms with Crippen molar-refractivity contribution in [2.45, 2.75) is 11.7 Å². The van der Waals surface area contributed by atoms with Crippen molar-refractivity contribution in [3.05, 3.63) is 0 Å². The van der Waals surface area contributed by atoms with Gasteiger partial charge in [0.25, 0.3) is 0 Å². The minimum atomic E-state index is -3.03. The molecule has 1 fully saturated rings. The lowest BCUT2D eigenvalue weighted by atomic mass is 10.4. The van der Waals surface area contributed by atoms with Crippen LogP contribution in [-0.4, -0.2) is 56.2 Å². The van der Waals surface area contributed by atoms with Crippen LogP contribution in [0.3, 0.4) is 0 Å². The fraction of sp³-hybridized carbons (Fsp3) is 1.00. The van der Waals surface area contributed by atoms with E-state index in [0.29, 0.717) is 13.0 Å². The van der Waals surface area contributed by atoms with Gasteiger partial charge in [-0.05, 0) is 20.0 Å². The summed E-state index contributed by atoms with van der Waals surface area (Å²) in [5.74, 6) is 0.211. The third kappa shape index (κ3) is 2.18. The lowest BCUT2D eigenvalue weighted by Gasteiger charge is -2.16. The van der Waals surface area contributed by atoms with Crippen molar-refractivity contribution >= 4 is 9.84 Å². The Morgan fingerprint density at radius 3 is 2.83 bits per heavy atom. The van der Waals surface area contributed by atoms with Crippen molar-refractivity contribution in [1.82, 2.24) is 4.90 Å². The van der Waals surface area contributed by atoms with E-state index in [1.54, 1.807) is 0 Å². The number of hydrogen-bond donors (Lipinski definition) is 1. The van der Waals surface area contributed by atoms with E-state index in [2.05, 4.69) is 0 Å². The van der Waals surface area contributed by atoms with E-state index in [1.165, 1.54) is 0 Å². The van der Waals surface area contributed by atoms with Gasteiger partial charge in [0.15, 0.2) is 9.84 Å². The Morgan fingerprint density at radius 2 is 2.25 bits per heavy atom. The highest BCUT2D eigenvalue weighted by Crippen LogP contribution is 2.10. The molecule has 1 N–H and O–H groups in total. The number of nitrogens with zero attached hydrogens (tertiary/aromatic N) is 1. The normalized spacial score (nSPS) is 31.3. The molecule has 0 radical (unpaired) electrons. The van der Waals surface area contributed by atoms with Gasteiger partial charge in [-0.1, -0.05) is 0 Å². The molecule has 0 amide bonds. The minimum absolute atomic E-state index is 0.211. The highest BCUT2D eigenvalue weighted by Gasteiger charge is 2.28. The average Bonchev–Trinajstić information content (AvgIpc) is 2.10. The van der Waals surface area contributed by atoms with Gasteiger partial charge >= 0.3 is 0 Å². The molecule has 1 heterocycles. The topological polar surface area (TPSA) is 57.6 Å². The quantitative estimate of drug-likeness (QED) is 0.586. The Bertz CT molecular complexity index is 237. The SMILES string of the molecule is CN1CCCS(=O)(=O)C(CO)C1. The molecule has 0 saturated carbocycles. The first-order chi connectivity index (χ1) is 5.56.